The van der Waals surface area contributed by atoms with Crippen LogP contribution in [0.3, 0.4) is 0 Å². The Bertz CT molecular complexity index is 542. The second kappa shape index (κ2) is 8.23. The molecule has 0 heterocycles. The highest BCUT2D eigenvalue weighted by Crippen LogP contribution is 2.26. The molecule has 21 heavy (non-hydrogen) atoms. The number of benzene rings is 1. The third kappa shape index (κ3) is 5.20. The van der Waals surface area contributed by atoms with E-state index in [9.17, 15) is 4.79 Å². The van der Waals surface area contributed by atoms with Crippen molar-refractivity contribution in [3.63, 3.8) is 0 Å². The first kappa shape index (κ1) is 17.8. The summed E-state index contributed by atoms with van der Waals surface area (Å²) in [5.41, 5.74) is 0.889. The number of rotatable bonds is 6. The molecule has 0 aromatic heterocycles. The van der Waals surface area contributed by atoms with Gasteiger partial charge in [-0.15, -0.1) is 0 Å². The summed E-state index contributed by atoms with van der Waals surface area (Å²) in [7, 11) is 1.69. The Morgan fingerprint density at radius 1 is 1.43 bits per heavy atom. The second-order valence-corrected chi connectivity index (χ2v) is 5.79. The largest absolute Gasteiger partial charge is 0.343 e. The standard InChI is InChI=1S/C15H19Cl2N3O/c1-10(13-6-5-12(16)9-14(13)17)19-11(2)15(21)20(3)8-4-7-18/h5-6,9-11,19H,4,8H2,1-3H3. The van der Waals surface area contributed by atoms with Crippen LogP contribution in [0.25, 0.3) is 0 Å². The predicted octanol–water partition coefficient (Wildman–Crippen LogP) is 3.40. The first-order valence-electron chi connectivity index (χ1n) is 6.69. The van der Waals surface area contributed by atoms with Crippen LogP contribution in [0.15, 0.2) is 18.2 Å². The molecule has 0 bridgehead atoms. The van der Waals surface area contributed by atoms with Crippen LogP contribution in [-0.4, -0.2) is 30.4 Å². The van der Waals surface area contributed by atoms with E-state index in [0.29, 0.717) is 23.0 Å². The molecule has 0 aliphatic carbocycles. The van der Waals surface area contributed by atoms with Gasteiger partial charge >= 0.3 is 0 Å². The maximum atomic E-state index is 12.2. The summed E-state index contributed by atoms with van der Waals surface area (Å²) in [6.45, 7) is 4.16. The molecule has 0 spiro atoms. The Hall–Kier alpha value is -1.28. The smallest absolute Gasteiger partial charge is 0.239 e. The summed E-state index contributed by atoms with van der Waals surface area (Å²) in [4.78, 5) is 13.7. The lowest BCUT2D eigenvalue weighted by Crippen LogP contribution is -2.44. The van der Waals surface area contributed by atoms with Gasteiger partial charge < -0.3 is 4.90 Å². The number of likely N-dealkylation sites (N-methyl/N-ethyl adjacent to an activating group) is 1. The maximum absolute atomic E-state index is 12.2. The lowest BCUT2D eigenvalue weighted by atomic mass is 10.1. The van der Waals surface area contributed by atoms with E-state index in [4.69, 9.17) is 28.5 Å². The van der Waals surface area contributed by atoms with Crippen molar-refractivity contribution in [2.24, 2.45) is 0 Å². The van der Waals surface area contributed by atoms with Gasteiger partial charge in [0.25, 0.3) is 0 Å². The highest BCUT2D eigenvalue weighted by atomic mass is 35.5. The van der Waals surface area contributed by atoms with Crippen LogP contribution < -0.4 is 5.32 Å². The van der Waals surface area contributed by atoms with E-state index in [1.165, 1.54) is 0 Å². The number of amides is 1. The predicted molar refractivity (Wildman–Crippen MR) is 85.3 cm³/mol. The van der Waals surface area contributed by atoms with Gasteiger partial charge in [0, 0.05) is 29.7 Å². The maximum Gasteiger partial charge on any atom is 0.239 e. The normalized spacial score (nSPS) is 13.3. The van der Waals surface area contributed by atoms with Gasteiger partial charge in [0.2, 0.25) is 5.91 Å². The molecule has 0 saturated carbocycles. The fourth-order valence-electron chi connectivity index (χ4n) is 2.05. The third-order valence-corrected chi connectivity index (χ3v) is 3.80. The fourth-order valence-corrected chi connectivity index (χ4v) is 2.62. The van der Waals surface area contributed by atoms with E-state index in [0.717, 1.165) is 5.56 Å². The van der Waals surface area contributed by atoms with Crippen molar-refractivity contribution in [3.8, 4) is 6.07 Å². The van der Waals surface area contributed by atoms with Crippen LogP contribution in [0, 0.1) is 11.3 Å². The molecule has 1 amide bonds. The van der Waals surface area contributed by atoms with Gasteiger partial charge in [-0.2, -0.15) is 5.26 Å². The minimum atomic E-state index is -0.365. The number of hydrogen-bond donors (Lipinski definition) is 1. The van der Waals surface area contributed by atoms with E-state index in [2.05, 4.69) is 5.32 Å². The minimum Gasteiger partial charge on any atom is -0.343 e. The first-order valence-corrected chi connectivity index (χ1v) is 7.45. The van der Waals surface area contributed by atoms with Crippen LogP contribution in [0.4, 0.5) is 0 Å². The fraction of sp³-hybridized carbons (Fsp3) is 0.467. The van der Waals surface area contributed by atoms with Gasteiger partial charge in [-0.3, -0.25) is 10.1 Å². The van der Waals surface area contributed by atoms with Crippen molar-refractivity contribution >= 4 is 29.1 Å². The lowest BCUT2D eigenvalue weighted by molar-refractivity contribution is -0.131. The van der Waals surface area contributed by atoms with Crippen molar-refractivity contribution < 1.29 is 4.79 Å². The Morgan fingerprint density at radius 3 is 2.67 bits per heavy atom. The van der Waals surface area contributed by atoms with Crippen molar-refractivity contribution in [2.75, 3.05) is 13.6 Å². The van der Waals surface area contributed by atoms with Gasteiger partial charge in [0.05, 0.1) is 18.5 Å². The van der Waals surface area contributed by atoms with E-state index < -0.39 is 0 Å². The lowest BCUT2D eigenvalue weighted by Gasteiger charge is -2.25. The number of halogens is 2. The first-order chi connectivity index (χ1) is 9.86. The zero-order valence-electron chi connectivity index (χ0n) is 12.4. The molecule has 1 aromatic carbocycles. The molecule has 0 aliphatic heterocycles. The van der Waals surface area contributed by atoms with Gasteiger partial charge in [0.15, 0.2) is 0 Å². The van der Waals surface area contributed by atoms with E-state index in [-0.39, 0.29) is 18.0 Å². The molecular formula is C15H19Cl2N3O. The summed E-state index contributed by atoms with van der Waals surface area (Å²) in [5, 5.41) is 12.9. The van der Waals surface area contributed by atoms with Gasteiger partial charge in [-0.25, -0.2) is 0 Å². The molecule has 0 fully saturated rings. The third-order valence-electron chi connectivity index (χ3n) is 3.23. The summed E-state index contributed by atoms with van der Waals surface area (Å²) in [6.07, 6.45) is 0.327. The topological polar surface area (TPSA) is 56.1 Å². The van der Waals surface area contributed by atoms with Gasteiger partial charge in [0.1, 0.15) is 0 Å². The van der Waals surface area contributed by atoms with Gasteiger partial charge in [-0.1, -0.05) is 29.3 Å². The molecule has 4 nitrogen and oxygen atoms in total. The highest BCUT2D eigenvalue weighted by molar-refractivity contribution is 6.35. The van der Waals surface area contributed by atoms with Crippen LogP contribution in [0.1, 0.15) is 31.9 Å². The molecule has 2 atom stereocenters. The Kier molecular flexibility index (Phi) is 6.97. The molecule has 6 heteroatoms. The number of nitrogens with zero attached hydrogens (tertiary/aromatic N) is 2. The van der Waals surface area contributed by atoms with Crippen LogP contribution in [0.5, 0.6) is 0 Å². The Balaban J connectivity index is 2.67. The molecule has 0 radical (unpaired) electrons. The number of carbonyl (C=O) groups is 1. The van der Waals surface area contributed by atoms with E-state index in [1.807, 2.05) is 19.1 Å². The molecule has 1 rings (SSSR count). The summed E-state index contributed by atoms with van der Waals surface area (Å²) < 4.78 is 0. The number of nitrogens with one attached hydrogen (secondary N) is 1. The summed E-state index contributed by atoms with van der Waals surface area (Å²) in [6, 6.07) is 6.88. The second-order valence-electron chi connectivity index (χ2n) is 4.94. The molecule has 114 valence electrons. The average molecular weight is 328 g/mol. The molecule has 1 aromatic rings. The molecule has 2 unspecified atom stereocenters. The zero-order valence-corrected chi connectivity index (χ0v) is 13.9. The number of nitriles is 1. The van der Waals surface area contributed by atoms with Crippen LogP contribution in [-0.2, 0) is 4.79 Å². The van der Waals surface area contributed by atoms with Crippen molar-refractivity contribution in [2.45, 2.75) is 32.4 Å². The monoisotopic (exact) mass is 327 g/mol. The summed E-state index contributed by atoms with van der Waals surface area (Å²) in [5.74, 6) is -0.0535. The molecule has 1 N–H and O–H groups in total. The van der Waals surface area contributed by atoms with Crippen LogP contribution in [0.2, 0.25) is 10.0 Å². The average Bonchev–Trinajstić information content (AvgIpc) is 2.43. The van der Waals surface area contributed by atoms with Crippen molar-refractivity contribution in [3.05, 3.63) is 33.8 Å². The molecular weight excluding hydrogens is 309 g/mol. The summed E-state index contributed by atoms with van der Waals surface area (Å²) >= 11 is 12.0. The Labute approximate surface area is 135 Å². The molecule has 0 aliphatic rings. The van der Waals surface area contributed by atoms with Gasteiger partial charge in [-0.05, 0) is 31.5 Å². The quantitative estimate of drug-likeness (QED) is 0.871. The van der Waals surface area contributed by atoms with Crippen molar-refractivity contribution in [1.29, 1.82) is 5.26 Å². The van der Waals surface area contributed by atoms with E-state index in [1.54, 1.807) is 31.0 Å². The SMILES string of the molecule is CC(NC(C)c1ccc(Cl)cc1Cl)C(=O)N(C)CCC#N. The zero-order chi connectivity index (χ0) is 16.0. The van der Waals surface area contributed by atoms with Crippen LogP contribution >= 0.6 is 23.2 Å². The number of carbonyl (C=O) groups excluding carboxylic acids is 1. The van der Waals surface area contributed by atoms with Crippen molar-refractivity contribution in [1.82, 2.24) is 10.2 Å². The number of hydrogen-bond acceptors (Lipinski definition) is 3. The van der Waals surface area contributed by atoms with E-state index >= 15 is 0 Å². The molecule has 0 saturated heterocycles. The Morgan fingerprint density at radius 2 is 2.10 bits per heavy atom. The highest BCUT2D eigenvalue weighted by Gasteiger charge is 2.20. The minimum absolute atomic E-state index is 0.0535.